The molecular weight excluding hydrogens is 250 g/mol. The standard InChI is InChI=1S/C12H13N3O2S/c1-17-10-4-2-3-9(5-10)13-6-8-7-14-12(18)15-11(8)16/h2-5,7,13H,6H2,1H3,(H2,14,15,16,18). The molecule has 94 valence electrons. The van der Waals surface area contributed by atoms with E-state index in [4.69, 9.17) is 17.0 Å². The van der Waals surface area contributed by atoms with E-state index in [0.29, 0.717) is 16.9 Å². The molecule has 0 radical (unpaired) electrons. The molecule has 2 aromatic rings. The molecule has 0 aliphatic heterocycles. The Morgan fingerprint density at radius 3 is 3.00 bits per heavy atom. The first-order valence-electron chi connectivity index (χ1n) is 5.38. The number of anilines is 1. The fourth-order valence-electron chi connectivity index (χ4n) is 1.50. The minimum absolute atomic E-state index is 0.186. The van der Waals surface area contributed by atoms with Crippen molar-refractivity contribution < 1.29 is 4.74 Å². The summed E-state index contributed by atoms with van der Waals surface area (Å²) in [7, 11) is 1.61. The number of hydrogen-bond acceptors (Lipinski definition) is 4. The van der Waals surface area contributed by atoms with Crippen LogP contribution < -0.4 is 15.6 Å². The summed E-state index contributed by atoms with van der Waals surface area (Å²) >= 11 is 4.82. The molecule has 0 atom stereocenters. The van der Waals surface area contributed by atoms with Gasteiger partial charge >= 0.3 is 0 Å². The fourth-order valence-corrected chi connectivity index (χ4v) is 1.65. The van der Waals surface area contributed by atoms with Crippen LogP contribution in [-0.4, -0.2) is 17.1 Å². The van der Waals surface area contributed by atoms with E-state index in [9.17, 15) is 4.79 Å². The van der Waals surface area contributed by atoms with Crippen LogP contribution in [0, 0.1) is 4.77 Å². The van der Waals surface area contributed by atoms with Crippen LogP contribution >= 0.6 is 12.2 Å². The van der Waals surface area contributed by atoms with Crippen molar-refractivity contribution in [3.05, 3.63) is 51.2 Å². The average Bonchev–Trinajstić information content (AvgIpc) is 2.38. The van der Waals surface area contributed by atoms with Gasteiger partial charge in [-0.25, -0.2) is 0 Å². The number of hydrogen-bond donors (Lipinski definition) is 3. The molecule has 3 N–H and O–H groups in total. The fraction of sp³-hybridized carbons (Fsp3) is 0.167. The predicted molar refractivity (Wildman–Crippen MR) is 72.6 cm³/mol. The molecule has 5 nitrogen and oxygen atoms in total. The van der Waals surface area contributed by atoms with Crippen LogP contribution in [0.3, 0.4) is 0 Å². The van der Waals surface area contributed by atoms with Crippen LogP contribution in [0.1, 0.15) is 5.56 Å². The Bertz CT molecular complexity index is 648. The summed E-state index contributed by atoms with van der Waals surface area (Å²) in [5, 5.41) is 3.14. The zero-order valence-corrected chi connectivity index (χ0v) is 10.6. The van der Waals surface area contributed by atoms with Gasteiger partial charge in [-0.2, -0.15) is 0 Å². The van der Waals surface area contributed by atoms with Crippen LogP contribution in [0.15, 0.2) is 35.3 Å². The molecule has 0 spiro atoms. The summed E-state index contributed by atoms with van der Waals surface area (Å²) in [6, 6.07) is 7.50. The van der Waals surface area contributed by atoms with E-state index in [0.717, 1.165) is 11.4 Å². The maximum Gasteiger partial charge on any atom is 0.256 e. The minimum Gasteiger partial charge on any atom is -0.497 e. The number of ether oxygens (including phenoxy) is 1. The summed E-state index contributed by atoms with van der Waals surface area (Å²) in [5.74, 6) is 0.765. The summed E-state index contributed by atoms with van der Waals surface area (Å²) in [4.78, 5) is 16.9. The lowest BCUT2D eigenvalue weighted by Crippen LogP contribution is -2.16. The predicted octanol–water partition coefficient (Wildman–Crippen LogP) is 2.05. The van der Waals surface area contributed by atoms with Crippen molar-refractivity contribution >= 4 is 17.9 Å². The zero-order chi connectivity index (χ0) is 13.0. The number of aromatic nitrogens is 2. The quantitative estimate of drug-likeness (QED) is 0.738. The number of nitrogens with one attached hydrogen (secondary N) is 3. The summed E-state index contributed by atoms with van der Waals surface area (Å²) in [5.41, 5.74) is 1.29. The number of rotatable bonds is 4. The molecule has 0 saturated carbocycles. The molecule has 0 fully saturated rings. The number of benzene rings is 1. The second-order valence-corrected chi connectivity index (χ2v) is 4.09. The highest BCUT2D eigenvalue weighted by atomic mass is 32.1. The Labute approximate surface area is 109 Å². The third kappa shape index (κ3) is 2.98. The molecule has 18 heavy (non-hydrogen) atoms. The van der Waals surface area contributed by atoms with E-state index in [2.05, 4.69) is 15.3 Å². The highest BCUT2D eigenvalue weighted by molar-refractivity contribution is 7.71. The molecule has 0 amide bonds. The minimum atomic E-state index is -0.186. The number of methoxy groups -OCH3 is 1. The van der Waals surface area contributed by atoms with Gasteiger partial charge in [0.15, 0.2) is 4.77 Å². The van der Waals surface area contributed by atoms with Crippen molar-refractivity contribution in [2.24, 2.45) is 0 Å². The zero-order valence-electron chi connectivity index (χ0n) is 9.82. The van der Waals surface area contributed by atoms with Crippen molar-refractivity contribution in [2.45, 2.75) is 6.54 Å². The molecule has 0 unspecified atom stereocenters. The van der Waals surface area contributed by atoms with E-state index in [-0.39, 0.29) is 5.56 Å². The first-order chi connectivity index (χ1) is 8.69. The third-order valence-corrected chi connectivity index (χ3v) is 2.67. The Balaban J connectivity index is 2.11. The van der Waals surface area contributed by atoms with E-state index in [1.807, 2.05) is 24.3 Å². The van der Waals surface area contributed by atoms with Gasteiger partial charge < -0.3 is 15.0 Å². The molecular formula is C12H13N3O2S. The molecule has 0 bridgehead atoms. The molecule has 0 saturated heterocycles. The summed E-state index contributed by atoms with van der Waals surface area (Å²) in [6.07, 6.45) is 1.61. The summed E-state index contributed by atoms with van der Waals surface area (Å²) in [6.45, 7) is 0.411. The highest BCUT2D eigenvalue weighted by Gasteiger charge is 2.00. The van der Waals surface area contributed by atoms with E-state index in [1.165, 1.54) is 0 Å². The highest BCUT2D eigenvalue weighted by Crippen LogP contribution is 2.16. The monoisotopic (exact) mass is 263 g/mol. The van der Waals surface area contributed by atoms with Crippen molar-refractivity contribution in [3.63, 3.8) is 0 Å². The van der Waals surface area contributed by atoms with E-state index in [1.54, 1.807) is 13.3 Å². The summed E-state index contributed by atoms with van der Waals surface area (Å²) < 4.78 is 5.44. The third-order valence-electron chi connectivity index (χ3n) is 2.45. The molecule has 1 aromatic heterocycles. The molecule has 0 aliphatic rings. The van der Waals surface area contributed by atoms with Crippen LogP contribution in [0.2, 0.25) is 0 Å². The van der Waals surface area contributed by atoms with Gasteiger partial charge in [-0.05, 0) is 24.4 Å². The molecule has 0 aliphatic carbocycles. The van der Waals surface area contributed by atoms with Crippen LogP contribution in [0.5, 0.6) is 5.75 Å². The van der Waals surface area contributed by atoms with Gasteiger partial charge in [0.2, 0.25) is 0 Å². The maximum atomic E-state index is 11.6. The lowest BCUT2D eigenvalue weighted by molar-refractivity contribution is 0.415. The van der Waals surface area contributed by atoms with Crippen molar-refractivity contribution in [1.82, 2.24) is 9.97 Å². The molecule has 6 heteroatoms. The normalized spacial score (nSPS) is 10.1. The Morgan fingerprint density at radius 1 is 1.44 bits per heavy atom. The first kappa shape index (κ1) is 12.4. The van der Waals surface area contributed by atoms with Gasteiger partial charge in [-0.15, -0.1) is 0 Å². The van der Waals surface area contributed by atoms with Crippen LogP contribution in [0.4, 0.5) is 5.69 Å². The molecule has 1 aromatic carbocycles. The maximum absolute atomic E-state index is 11.6. The topological polar surface area (TPSA) is 69.9 Å². The number of aromatic amines is 2. The largest absolute Gasteiger partial charge is 0.497 e. The van der Waals surface area contributed by atoms with E-state index >= 15 is 0 Å². The van der Waals surface area contributed by atoms with Crippen molar-refractivity contribution in [1.29, 1.82) is 0 Å². The number of H-pyrrole nitrogens is 2. The van der Waals surface area contributed by atoms with Gasteiger partial charge in [0.25, 0.3) is 5.56 Å². The smallest absolute Gasteiger partial charge is 0.256 e. The SMILES string of the molecule is COc1cccc(NCc2c[nH]c(=S)[nH]c2=O)c1. The molecule has 1 heterocycles. The van der Waals surface area contributed by atoms with Gasteiger partial charge in [0.05, 0.1) is 12.7 Å². The van der Waals surface area contributed by atoms with E-state index < -0.39 is 0 Å². The first-order valence-corrected chi connectivity index (χ1v) is 5.78. The second-order valence-electron chi connectivity index (χ2n) is 3.68. The molecule has 2 rings (SSSR count). The average molecular weight is 263 g/mol. The Kier molecular flexibility index (Phi) is 3.78. The van der Waals surface area contributed by atoms with Gasteiger partial charge in [-0.3, -0.25) is 9.78 Å². The Morgan fingerprint density at radius 2 is 2.28 bits per heavy atom. The second kappa shape index (κ2) is 5.50. The van der Waals surface area contributed by atoms with Crippen molar-refractivity contribution in [2.75, 3.05) is 12.4 Å². The van der Waals surface area contributed by atoms with Gasteiger partial charge in [0.1, 0.15) is 5.75 Å². The van der Waals surface area contributed by atoms with Gasteiger partial charge in [-0.1, -0.05) is 6.07 Å². The Hall–Kier alpha value is -2.08. The van der Waals surface area contributed by atoms with Gasteiger partial charge in [0, 0.05) is 24.5 Å². The lowest BCUT2D eigenvalue weighted by Gasteiger charge is -2.07. The van der Waals surface area contributed by atoms with Crippen LogP contribution in [0.25, 0.3) is 0 Å². The van der Waals surface area contributed by atoms with Crippen LogP contribution in [-0.2, 0) is 6.54 Å². The lowest BCUT2D eigenvalue weighted by atomic mass is 10.2. The van der Waals surface area contributed by atoms with Crippen molar-refractivity contribution in [3.8, 4) is 5.75 Å².